The minimum atomic E-state index is -0.514. The van der Waals surface area contributed by atoms with Gasteiger partial charge in [-0.2, -0.15) is 5.06 Å². The van der Waals surface area contributed by atoms with Crippen molar-refractivity contribution in [1.82, 2.24) is 0 Å². The zero-order valence-corrected chi connectivity index (χ0v) is 12.2. The molecule has 0 saturated heterocycles. The maximum absolute atomic E-state index is 12.5. The molecular formula is C15H24NO2. The summed E-state index contributed by atoms with van der Waals surface area (Å²) in [6.45, 7) is 11.9. The van der Waals surface area contributed by atoms with Gasteiger partial charge in [0.05, 0.1) is 11.3 Å². The van der Waals surface area contributed by atoms with Crippen molar-refractivity contribution in [2.75, 3.05) is 5.06 Å². The summed E-state index contributed by atoms with van der Waals surface area (Å²) in [6.07, 6.45) is -0.514. The predicted octanol–water partition coefficient (Wildman–Crippen LogP) is 4.03. The van der Waals surface area contributed by atoms with E-state index in [1.54, 1.807) is 12.1 Å². The van der Waals surface area contributed by atoms with Crippen LogP contribution in [0, 0.1) is 5.41 Å². The first-order valence-corrected chi connectivity index (χ1v) is 6.30. The molecule has 1 rings (SSSR count). The highest BCUT2D eigenvalue weighted by atomic mass is 16.6. The summed E-state index contributed by atoms with van der Waals surface area (Å²) >= 11 is 0. The summed E-state index contributed by atoms with van der Waals surface area (Å²) in [5.74, 6) is 0. The molecule has 1 atom stereocenters. The molecule has 3 heteroatoms. The van der Waals surface area contributed by atoms with Gasteiger partial charge < -0.3 is 4.74 Å². The van der Waals surface area contributed by atoms with Gasteiger partial charge >= 0.3 is 0 Å². The predicted molar refractivity (Wildman–Crippen MR) is 73.7 cm³/mol. The van der Waals surface area contributed by atoms with Crippen LogP contribution in [-0.2, 0) is 9.94 Å². The topological polar surface area (TPSA) is 32.4 Å². The Bertz CT molecular complexity index is 362. The third kappa shape index (κ3) is 4.31. The lowest BCUT2D eigenvalue weighted by Crippen LogP contribution is -2.47. The Hall–Kier alpha value is -1.06. The van der Waals surface area contributed by atoms with Crippen LogP contribution in [0.5, 0.6) is 0 Å². The normalized spacial score (nSPS) is 14.4. The molecule has 0 aliphatic carbocycles. The fraction of sp³-hybridized carbons (Fsp3) is 0.600. The Kier molecular flexibility index (Phi) is 4.41. The Labute approximate surface area is 110 Å². The first-order chi connectivity index (χ1) is 8.11. The zero-order chi connectivity index (χ0) is 14.0. The number of hydroxylamine groups is 1. The van der Waals surface area contributed by atoms with Crippen molar-refractivity contribution in [2.24, 2.45) is 5.41 Å². The van der Waals surface area contributed by atoms with Crippen LogP contribution in [0.25, 0.3) is 0 Å². The molecule has 1 radical (unpaired) electrons. The number of rotatable bonds is 3. The number of hydrogen-bond donors (Lipinski definition) is 0. The van der Waals surface area contributed by atoms with Gasteiger partial charge in [0.1, 0.15) is 0 Å². The van der Waals surface area contributed by atoms with Gasteiger partial charge in [-0.15, -0.1) is 0 Å². The Morgan fingerprint density at radius 3 is 1.89 bits per heavy atom. The van der Waals surface area contributed by atoms with Crippen molar-refractivity contribution in [3.63, 3.8) is 0 Å². The molecule has 1 aromatic carbocycles. The van der Waals surface area contributed by atoms with Crippen LogP contribution >= 0.6 is 0 Å². The van der Waals surface area contributed by atoms with Gasteiger partial charge in [-0.05, 0) is 32.9 Å². The SMILES string of the molecule is CC(C)(C)O[C@H](N([O])c1ccccc1)C(C)(C)C. The lowest BCUT2D eigenvalue weighted by Gasteiger charge is -2.39. The third-order valence-electron chi connectivity index (χ3n) is 2.43. The zero-order valence-electron chi connectivity index (χ0n) is 12.2. The monoisotopic (exact) mass is 250 g/mol. The van der Waals surface area contributed by atoms with Gasteiger partial charge in [-0.3, -0.25) is 0 Å². The first kappa shape index (κ1) is 15.0. The van der Waals surface area contributed by atoms with E-state index >= 15 is 0 Å². The average molecular weight is 250 g/mol. The fourth-order valence-corrected chi connectivity index (χ4v) is 1.62. The number of benzene rings is 1. The van der Waals surface area contributed by atoms with Gasteiger partial charge in [0, 0.05) is 5.41 Å². The molecule has 0 spiro atoms. The summed E-state index contributed by atoms with van der Waals surface area (Å²) in [5.41, 5.74) is 0.0157. The molecule has 1 aromatic rings. The number of para-hydroxylation sites is 1. The molecular weight excluding hydrogens is 226 g/mol. The van der Waals surface area contributed by atoms with Crippen LogP contribution in [0.15, 0.2) is 30.3 Å². The molecule has 0 aliphatic rings. The van der Waals surface area contributed by atoms with E-state index in [9.17, 15) is 5.21 Å². The molecule has 0 saturated carbocycles. The van der Waals surface area contributed by atoms with E-state index in [2.05, 4.69) is 0 Å². The van der Waals surface area contributed by atoms with Gasteiger partial charge in [0.25, 0.3) is 0 Å². The van der Waals surface area contributed by atoms with E-state index in [0.29, 0.717) is 5.69 Å². The van der Waals surface area contributed by atoms with Crippen LogP contribution in [0.4, 0.5) is 5.69 Å². The minimum absolute atomic E-state index is 0.259. The van der Waals surface area contributed by atoms with Gasteiger partial charge in [-0.1, -0.05) is 44.2 Å². The lowest BCUT2D eigenvalue weighted by molar-refractivity contribution is -0.145. The quantitative estimate of drug-likeness (QED) is 0.599. The van der Waals surface area contributed by atoms with Crippen LogP contribution in [-0.4, -0.2) is 11.8 Å². The Morgan fingerprint density at radius 2 is 1.50 bits per heavy atom. The molecule has 0 heterocycles. The van der Waals surface area contributed by atoms with Gasteiger partial charge in [0.2, 0.25) is 0 Å². The molecule has 0 N–H and O–H groups in total. The van der Waals surface area contributed by atoms with E-state index in [4.69, 9.17) is 4.74 Å². The van der Waals surface area contributed by atoms with E-state index in [0.717, 1.165) is 5.06 Å². The lowest BCUT2D eigenvalue weighted by atomic mass is 9.93. The number of anilines is 1. The van der Waals surface area contributed by atoms with Crippen molar-refractivity contribution in [1.29, 1.82) is 0 Å². The minimum Gasteiger partial charge on any atom is -0.350 e. The van der Waals surface area contributed by atoms with Crippen molar-refractivity contribution in [3.05, 3.63) is 30.3 Å². The van der Waals surface area contributed by atoms with Crippen molar-refractivity contribution in [2.45, 2.75) is 53.4 Å². The standard InChI is InChI=1S/C15H24NO2/c1-14(2,3)13(18-15(4,5)6)16(17)12-10-8-7-9-11-12/h7-11,13H,1-6H3/t13-/m0/s1. The van der Waals surface area contributed by atoms with Crippen molar-refractivity contribution < 1.29 is 9.94 Å². The summed E-state index contributed by atoms with van der Waals surface area (Å²) in [5, 5.41) is 13.4. The molecule has 0 unspecified atom stereocenters. The van der Waals surface area contributed by atoms with E-state index in [1.807, 2.05) is 59.7 Å². The molecule has 0 aromatic heterocycles. The second-order valence-electron chi connectivity index (χ2n) is 6.61. The molecule has 3 nitrogen and oxygen atoms in total. The van der Waals surface area contributed by atoms with Crippen LogP contribution < -0.4 is 5.06 Å². The molecule has 0 fully saturated rings. The number of hydrogen-bond acceptors (Lipinski definition) is 2. The van der Waals surface area contributed by atoms with E-state index < -0.39 is 6.23 Å². The van der Waals surface area contributed by atoms with Crippen molar-refractivity contribution in [3.8, 4) is 0 Å². The second kappa shape index (κ2) is 5.29. The first-order valence-electron chi connectivity index (χ1n) is 6.30. The largest absolute Gasteiger partial charge is 0.350 e. The van der Waals surface area contributed by atoms with E-state index in [-0.39, 0.29) is 11.0 Å². The Morgan fingerprint density at radius 1 is 1.00 bits per heavy atom. The molecule has 101 valence electrons. The van der Waals surface area contributed by atoms with Crippen LogP contribution in [0.2, 0.25) is 0 Å². The second-order valence-corrected chi connectivity index (χ2v) is 6.61. The van der Waals surface area contributed by atoms with Crippen LogP contribution in [0.1, 0.15) is 41.5 Å². The molecule has 0 bridgehead atoms. The highest BCUT2D eigenvalue weighted by Gasteiger charge is 2.35. The fourth-order valence-electron chi connectivity index (χ4n) is 1.62. The highest BCUT2D eigenvalue weighted by Crippen LogP contribution is 2.31. The smallest absolute Gasteiger partial charge is 0.162 e. The molecule has 0 amide bonds. The molecule has 0 aliphatic heterocycles. The summed E-state index contributed by atoms with van der Waals surface area (Å²) < 4.78 is 5.93. The number of ether oxygens (including phenoxy) is 1. The molecule has 18 heavy (non-hydrogen) atoms. The Balaban J connectivity index is 2.97. The maximum atomic E-state index is 12.5. The average Bonchev–Trinajstić information content (AvgIpc) is 2.24. The highest BCUT2D eigenvalue weighted by molar-refractivity contribution is 5.43. The van der Waals surface area contributed by atoms with Crippen molar-refractivity contribution >= 4 is 5.69 Å². The summed E-state index contributed by atoms with van der Waals surface area (Å²) in [4.78, 5) is 0. The van der Waals surface area contributed by atoms with E-state index in [1.165, 1.54) is 0 Å². The summed E-state index contributed by atoms with van der Waals surface area (Å²) in [6, 6.07) is 9.22. The maximum Gasteiger partial charge on any atom is 0.162 e. The number of nitrogens with zero attached hydrogens (tertiary/aromatic N) is 1. The van der Waals surface area contributed by atoms with Gasteiger partial charge in [0.15, 0.2) is 6.23 Å². The third-order valence-corrected chi connectivity index (χ3v) is 2.43. The van der Waals surface area contributed by atoms with Crippen LogP contribution in [0.3, 0.4) is 0 Å². The summed E-state index contributed by atoms with van der Waals surface area (Å²) in [7, 11) is 0. The van der Waals surface area contributed by atoms with Gasteiger partial charge in [-0.25, -0.2) is 0 Å².